The summed E-state index contributed by atoms with van der Waals surface area (Å²) in [6, 6.07) is 6.91. The molecule has 0 radical (unpaired) electrons. The summed E-state index contributed by atoms with van der Waals surface area (Å²) in [5.41, 5.74) is 0. The molecule has 1 fully saturated rings. The van der Waals surface area contributed by atoms with E-state index in [-0.39, 0.29) is 18.5 Å². The fourth-order valence-electron chi connectivity index (χ4n) is 2.50. The minimum absolute atomic E-state index is 0.242. The maximum atomic E-state index is 12.4. The first-order valence-electron chi connectivity index (χ1n) is 8.40. The van der Waals surface area contributed by atoms with Crippen molar-refractivity contribution in [2.75, 3.05) is 20.2 Å². The van der Waals surface area contributed by atoms with Gasteiger partial charge in [0, 0.05) is 20.1 Å². The zero-order valence-corrected chi connectivity index (χ0v) is 16.2. The molecular formula is C17H21N5O4S. The van der Waals surface area contributed by atoms with E-state index in [1.54, 1.807) is 18.6 Å². The first-order valence-corrected chi connectivity index (χ1v) is 9.28. The molecule has 2 aromatic rings. The van der Waals surface area contributed by atoms with Crippen LogP contribution in [0.5, 0.6) is 11.5 Å². The summed E-state index contributed by atoms with van der Waals surface area (Å²) in [5, 5.41) is 11.0. The average molecular weight is 391 g/mol. The molecule has 3 amide bonds. The lowest BCUT2D eigenvalue weighted by atomic mass is 10.3. The minimum atomic E-state index is -0.452. The van der Waals surface area contributed by atoms with E-state index in [1.807, 2.05) is 31.3 Å². The highest BCUT2D eigenvalue weighted by molar-refractivity contribution is 8.00. The number of ether oxygens (including phenoxy) is 2. The second-order valence-electron chi connectivity index (χ2n) is 5.90. The number of methoxy groups -OCH3 is 1. The molecule has 3 rings (SSSR count). The number of carbonyl (C=O) groups is 2. The lowest BCUT2D eigenvalue weighted by Gasteiger charge is -2.16. The number of carbonyl (C=O) groups excluding carboxylic acids is 2. The van der Waals surface area contributed by atoms with Crippen molar-refractivity contribution >= 4 is 23.7 Å². The Morgan fingerprint density at radius 1 is 1.30 bits per heavy atom. The van der Waals surface area contributed by atoms with Gasteiger partial charge in [-0.05, 0) is 31.2 Å². The predicted molar refractivity (Wildman–Crippen MR) is 98.8 cm³/mol. The Balaban J connectivity index is 1.59. The van der Waals surface area contributed by atoms with E-state index in [2.05, 4.69) is 15.5 Å². The van der Waals surface area contributed by atoms with Crippen LogP contribution in [0.4, 0.5) is 4.79 Å². The van der Waals surface area contributed by atoms with Crippen LogP contribution >= 0.6 is 11.8 Å². The van der Waals surface area contributed by atoms with Gasteiger partial charge in [-0.25, -0.2) is 4.79 Å². The standard InChI is InChI=1S/C17H21N5O4S/c1-11(15(23)22-9-8-18-16(22)24)27-17-20-19-14(21(17)2)10-26-13-6-4-12(25-3)5-7-13/h4-7,11H,8-10H2,1-3H3,(H,18,24)/t11-/m1/s1. The molecule has 1 saturated heterocycles. The van der Waals surface area contributed by atoms with E-state index in [9.17, 15) is 9.59 Å². The second kappa shape index (κ2) is 8.30. The van der Waals surface area contributed by atoms with Crippen LogP contribution in [0.1, 0.15) is 12.7 Å². The Morgan fingerprint density at radius 3 is 2.63 bits per heavy atom. The highest BCUT2D eigenvalue weighted by Gasteiger charge is 2.31. The van der Waals surface area contributed by atoms with Gasteiger partial charge in [0.1, 0.15) is 18.1 Å². The number of hydrogen-bond donors (Lipinski definition) is 1. The Labute approximate surface area is 161 Å². The molecule has 2 heterocycles. The molecule has 0 saturated carbocycles. The van der Waals surface area contributed by atoms with E-state index >= 15 is 0 Å². The van der Waals surface area contributed by atoms with Gasteiger partial charge < -0.3 is 19.4 Å². The molecule has 1 aromatic heterocycles. The molecule has 0 aliphatic carbocycles. The van der Waals surface area contributed by atoms with Gasteiger partial charge in [0.25, 0.3) is 0 Å². The first kappa shape index (κ1) is 19.0. The van der Waals surface area contributed by atoms with Crippen molar-refractivity contribution < 1.29 is 19.1 Å². The molecule has 1 N–H and O–H groups in total. The van der Waals surface area contributed by atoms with Gasteiger partial charge in [-0.1, -0.05) is 11.8 Å². The first-order chi connectivity index (χ1) is 13.0. The fourth-order valence-corrected chi connectivity index (χ4v) is 3.40. The van der Waals surface area contributed by atoms with E-state index in [1.165, 1.54) is 16.7 Å². The Morgan fingerprint density at radius 2 is 2.00 bits per heavy atom. The number of nitrogens with one attached hydrogen (secondary N) is 1. The third-order valence-electron chi connectivity index (χ3n) is 4.11. The number of hydrogen-bond acceptors (Lipinski definition) is 7. The third kappa shape index (κ3) is 4.33. The number of imide groups is 1. The zero-order valence-electron chi connectivity index (χ0n) is 15.3. The van der Waals surface area contributed by atoms with Gasteiger partial charge in [-0.3, -0.25) is 9.69 Å². The molecule has 1 aliphatic heterocycles. The second-order valence-corrected chi connectivity index (χ2v) is 7.21. The van der Waals surface area contributed by atoms with Crippen LogP contribution in [-0.2, 0) is 18.4 Å². The van der Waals surface area contributed by atoms with Gasteiger partial charge >= 0.3 is 6.03 Å². The molecule has 0 spiro atoms. The van der Waals surface area contributed by atoms with Gasteiger partial charge in [0.05, 0.1) is 12.4 Å². The molecule has 27 heavy (non-hydrogen) atoms. The van der Waals surface area contributed by atoms with Gasteiger partial charge in [0.15, 0.2) is 11.0 Å². The number of amides is 3. The van der Waals surface area contributed by atoms with Crippen molar-refractivity contribution in [1.82, 2.24) is 25.0 Å². The summed E-state index contributed by atoms with van der Waals surface area (Å²) in [6.45, 7) is 2.87. The van der Waals surface area contributed by atoms with E-state index in [0.29, 0.717) is 29.8 Å². The number of urea groups is 1. The van der Waals surface area contributed by atoms with Gasteiger partial charge in [-0.2, -0.15) is 0 Å². The summed E-state index contributed by atoms with van der Waals surface area (Å²) >= 11 is 1.26. The highest BCUT2D eigenvalue weighted by Crippen LogP contribution is 2.24. The monoisotopic (exact) mass is 391 g/mol. The van der Waals surface area contributed by atoms with E-state index < -0.39 is 5.25 Å². The molecule has 1 aliphatic rings. The van der Waals surface area contributed by atoms with Crippen LogP contribution in [0.2, 0.25) is 0 Å². The summed E-state index contributed by atoms with van der Waals surface area (Å²) in [6.07, 6.45) is 0. The number of benzene rings is 1. The van der Waals surface area contributed by atoms with Crippen molar-refractivity contribution in [3.8, 4) is 11.5 Å². The van der Waals surface area contributed by atoms with Crippen LogP contribution in [0.3, 0.4) is 0 Å². The fraction of sp³-hybridized carbons (Fsp3) is 0.412. The van der Waals surface area contributed by atoms with E-state index in [4.69, 9.17) is 9.47 Å². The molecule has 9 nitrogen and oxygen atoms in total. The third-order valence-corrected chi connectivity index (χ3v) is 5.23. The summed E-state index contributed by atoms with van der Waals surface area (Å²) < 4.78 is 12.6. The molecular weight excluding hydrogens is 370 g/mol. The highest BCUT2D eigenvalue weighted by atomic mass is 32.2. The maximum Gasteiger partial charge on any atom is 0.324 e. The summed E-state index contributed by atoms with van der Waals surface area (Å²) in [7, 11) is 3.42. The quantitative estimate of drug-likeness (QED) is 0.713. The van der Waals surface area contributed by atoms with Crippen LogP contribution in [0.25, 0.3) is 0 Å². The normalized spacial score (nSPS) is 14.8. The number of rotatable bonds is 7. The van der Waals surface area contributed by atoms with Gasteiger partial charge in [-0.15, -0.1) is 10.2 Å². The SMILES string of the molecule is COc1ccc(OCc2nnc(S[C@H](C)C(=O)N3CCNC3=O)n2C)cc1. The molecule has 0 bridgehead atoms. The van der Waals surface area contributed by atoms with Crippen molar-refractivity contribution in [1.29, 1.82) is 0 Å². The average Bonchev–Trinajstić information content (AvgIpc) is 3.26. The number of thioether (sulfide) groups is 1. The Kier molecular flexibility index (Phi) is 5.84. The van der Waals surface area contributed by atoms with Crippen molar-refractivity contribution in [3.05, 3.63) is 30.1 Å². The Bertz CT molecular complexity index is 823. The maximum absolute atomic E-state index is 12.4. The number of aromatic nitrogens is 3. The smallest absolute Gasteiger partial charge is 0.324 e. The predicted octanol–water partition coefficient (Wildman–Crippen LogP) is 1.44. The van der Waals surface area contributed by atoms with E-state index in [0.717, 1.165) is 5.75 Å². The molecule has 1 atom stereocenters. The molecule has 10 heteroatoms. The lowest BCUT2D eigenvalue weighted by molar-refractivity contribution is -0.126. The van der Waals surface area contributed by atoms with Crippen LogP contribution in [0.15, 0.2) is 29.4 Å². The van der Waals surface area contributed by atoms with Crippen LogP contribution in [-0.4, -0.2) is 57.1 Å². The summed E-state index contributed by atoms with van der Waals surface area (Å²) in [5.74, 6) is 1.84. The van der Waals surface area contributed by atoms with Crippen molar-refractivity contribution in [3.63, 3.8) is 0 Å². The Hall–Kier alpha value is -2.75. The molecule has 1 aromatic carbocycles. The topological polar surface area (TPSA) is 98.6 Å². The van der Waals surface area contributed by atoms with Crippen LogP contribution < -0.4 is 14.8 Å². The molecule has 0 unspecified atom stereocenters. The minimum Gasteiger partial charge on any atom is -0.497 e. The summed E-state index contributed by atoms with van der Waals surface area (Å²) in [4.78, 5) is 25.2. The van der Waals surface area contributed by atoms with Crippen LogP contribution in [0, 0.1) is 0 Å². The lowest BCUT2D eigenvalue weighted by Crippen LogP contribution is -2.39. The van der Waals surface area contributed by atoms with Crippen molar-refractivity contribution in [2.45, 2.75) is 23.9 Å². The largest absolute Gasteiger partial charge is 0.497 e. The molecule has 144 valence electrons. The van der Waals surface area contributed by atoms with Gasteiger partial charge in [0.2, 0.25) is 5.91 Å². The number of nitrogens with zero attached hydrogens (tertiary/aromatic N) is 4. The van der Waals surface area contributed by atoms with Crippen molar-refractivity contribution in [2.24, 2.45) is 7.05 Å². The zero-order chi connectivity index (χ0) is 19.4.